The Hall–Kier alpha value is -1.07. The van der Waals surface area contributed by atoms with Gasteiger partial charge in [0.15, 0.2) is 0 Å². The summed E-state index contributed by atoms with van der Waals surface area (Å²) in [6.07, 6.45) is 4.33. The number of anilines is 1. The van der Waals surface area contributed by atoms with Crippen molar-refractivity contribution in [3.63, 3.8) is 0 Å². The van der Waals surface area contributed by atoms with Crippen molar-refractivity contribution in [2.24, 2.45) is 5.92 Å². The first-order chi connectivity index (χ1) is 9.40. The van der Waals surface area contributed by atoms with Crippen LogP contribution in [0.25, 0.3) is 0 Å². The Balaban J connectivity index is 2.74. The highest BCUT2D eigenvalue weighted by Crippen LogP contribution is 2.19. The average Bonchev–Trinajstić information content (AvgIpc) is 2.38. The first-order valence-electron chi connectivity index (χ1n) is 7.26. The molecule has 0 saturated carbocycles. The zero-order valence-corrected chi connectivity index (χ0v) is 13.5. The van der Waals surface area contributed by atoms with Crippen molar-refractivity contribution in [1.29, 1.82) is 0 Å². The minimum Gasteiger partial charge on any atom is -0.399 e. The molecule has 0 radical (unpaired) electrons. The maximum Gasteiger partial charge on any atom is 0.240 e. The normalized spacial score (nSPS) is 13.3. The molecule has 0 bridgehead atoms. The van der Waals surface area contributed by atoms with Crippen LogP contribution >= 0.6 is 0 Å². The Morgan fingerprint density at radius 1 is 1.30 bits per heavy atom. The highest BCUT2D eigenvalue weighted by Gasteiger charge is 2.18. The molecular weight excluding hydrogens is 272 g/mol. The van der Waals surface area contributed by atoms with Crippen LogP contribution in [0.3, 0.4) is 0 Å². The maximum absolute atomic E-state index is 12.3. The zero-order chi connectivity index (χ0) is 15.2. The third kappa shape index (κ3) is 4.80. The molecular formula is C15H26N2O2S. The van der Waals surface area contributed by atoms with Gasteiger partial charge < -0.3 is 5.73 Å². The Kier molecular flexibility index (Phi) is 6.49. The van der Waals surface area contributed by atoms with Gasteiger partial charge >= 0.3 is 0 Å². The number of benzene rings is 1. The van der Waals surface area contributed by atoms with Gasteiger partial charge in [-0.2, -0.15) is 0 Å². The molecule has 1 rings (SSSR count). The van der Waals surface area contributed by atoms with Crippen molar-refractivity contribution in [3.8, 4) is 0 Å². The lowest BCUT2D eigenvalue weighted by molar-refractivity contribution is 0.443. The smallest absolute Gasteiger partial charge is 0.240 e. The summed E-state index contributed by atoms with van der Waals surface area (Å²) in [6.45, 7) is 6.51. The second-order valence-corrected chi connectivity index (χ2v) is 7.03. The molecule has 4 nitrogen and oxygen atoms in total. The molecule has 0 saturated heterocycles. The first-order valence-corrected chi connectivity index (χ1v) is 8.74. The number of nitrogens with two attached hydrogens (primary N) is 1. The molecule has 0 amide bonds. The van der Waals surface area contributed by atoms with Crippen molar-refractivity contribution in [1.82, 2.24) is 4.72 Å². The van der Waals surface area contributed by atoms with Gasteiger partial charge in [-0.05, 0) is 43.0 Å². The molecule has 1 aromatic rings. The van der Waals surface area contributed by atoms with Gasteiger partial charge in [-0.15, -0.1) is 0 Å². The van der Waals surface area contributed by atoms with Crippen LogP contribution in [-0.2, 0) is 10.0 Å². The summed E-state index contributed by atoms with van der Waals surface area (Å²) in [5.74, 6) is 0.402. The third-order valence-corrected chi connectivity index (χ3v) is 5.18. The monoisotopic (exact) mass is 298 g/mol. The third-order valence-electron chi connectivity index (χ3n) is 3.59. The van der Waals surface area contributed by atoms with Gasteiger partial charge in [0.05, 0.1) is 4.90 Å². The van der Waals surface area contributed by atoms with Crippen LogP contribution in [-0.4, -0.2) is 15.0 Å². The quantitative estimate of drug-likeness (QED) is 0.724. The van der Waals surface area contributed by atoms with Crippen LogP contribution in [0.1, 0.15) is 45.1 Å². The topological polar surface area (TPSA) is 72.2 Å². The number of rotatable bonds is 8. The van der Waals surface area contributed by atoms with Crippen LogP contribution in [0.5, 0.6) is 0 Å². The Morgan fingerprint density at radius 2 is 2.00 bits per heavy atom. The van der Waals surface area contributed by atoms with Crippen molar-refractivity contribution in [2.75, 3.05) is 12.3 Å². The van der Waals surface area contributed by atoms with Gasteiger partial charge in [-0.25, -0.2) is 13.1 Å². The van der Waals surface area contributed by atoms with Gasteiger partial charge in [0.2, 0.25) is 10.0 Å². The fraction of sp³-hybridized carbons (Fsp3) is 0.600. The molecule has 0 aliphatic heterocycles. The average molecular weight is 298 g/mol. The summed E-state index contributed by atoms with van der Waals surface area (Å²) in [5.41, 5.74) is 6.91. The molecule has 5 heteroatoms. The molecule has 3 N–H and O–H groups in total. The van der Waals surface area contributed by atoms with Crippen LogP contribution in [0, 0.1) is 12.8 Å². The lowest BCUT2D eigenvalue weighted by atomic mass is 10.00. The van der Waals surface area contributed by atoms with Gasteiger partial charge in [0.1, 0.15) is 0 Å². The van der Waals surface area contributed by atoms with Crippen LogP contribution in [0.15, 0.2) is 23.1 Å². The molecule has 0 spiro atoms. The summed E-state index contributed by atoms with van der Waals surface area (Å²) >= 11 is 0. The van der Waals surface area contributed by atoms with Crippen molar-refractivity contribution in [3.05, 3.63) is 23.8 Å². The Bertz CT molecular complexity index is 527. The van der Waals surface area contributed by atoms with E-state index in [2.05, 4.69) is 18.6 Å². The summed E-state index contributed by atoms with van der Waals surface area (Å²) in [4.78, 5) is 0.317. The number of unbranched alkanes of at least 4 members (excludes halogenated alkanes) is 1. The van der Waals surface area contributed by atoms with E-state index in [1.807, 2.05) is 0 Å². The van der Waals surface area contributed by atoms with Crippen molar-refractivity contribution < 1.29 is 8.42 Å². The summed E-state index contributed by atoms with van der Waals surface area (Å²) < 4.78 is 27.3. The molecule has 0 aromatic heterocycles. The highest BCUT2D eigenvalue weighted by molar-refractivity contribution is 7.89. The lowest BCUT2D eigenvalue weighted by Crippen LogP contribution is -2.29. The van der Waals surface area contributed by atoms with Crippen molar-refractivity contribution in [2.45, 2.75) is 51.3 Å². The minimum absolute atomic E-state index is 0.317. The summed E-state index contributed by atoms with van der Waals surface area (Å²) in [7, 11) is -3.44. The van der Waals surface area contributed by atoms with E-state index >= 15 is 0 Å². The summed E-state index contributed by atoms with van der Waals surface area (Å²) in [5, 5.41) is 0. The van der Waals surface area contributed by atoms with E-state index in [1.54, 1.807) is 25.1 Å². The maximum atomic E-state index is 12.3. The molecule has 1 aromatic carbocycles. The molecule has 114 valence electrons. The molecule has 1 unspecified atom stereocenters. The highest BCUT2D eigenvalue weighted by atomic mass is 32.2. The number of nitrogens with one attached hydrogen (secondary N) is 1. The van der Waals surface area contributed by atoms with Gasteiger partial charge in [-0.3, -0.25) is 0 Å². The lowest BCUT2D eigenvalue weighted by Gasteiger charge is -2.16. The molecule has 1 atom stereocenters. The van der Waals surface area contributed by atoms with E-state index in [0.717, 1.165) is 25.7 Å². The molecule has 0 heterocycles. The fourth-order valence-electron chi connectivity index (χ4n) is 2.22. The summed E-state index contributed by atoms with van der Waals surface area (Å²) in [6, 6.07) is 4.87. The second kappa shape index (κ2) is 7.64. The van der Waals surface area contributed by atoms with Gasteiger partial charge in [-0.1, -0.05) is 33.1 Å². The van der Waals surface area contributed by atoms with E-state index in [1.165, 1.54) is 0 Å². The Labute approximate surface area is 122 Å². The fourth-order valence-corrected chi connectivity index (χ4v) is 3.56. The van der Waals surface area contributed by atoms with Crippen LogP contribution < -0.4 is 10.5 Å². The van der Waals surface area contributed by atoms with E-state index in [-0.39, 0.29) is 0 Å². The number of aryl methyl sites for hydroxylation is 1. The van der Waals surface area contributed by atoms with Crippen molar-refractivity contribution >= 4 is 15.7 Å². The SMILES string of the molecule is CCCCC(CC)CNS(=O)(=O)c1ccc(N)cc1C. The van der Waals surface area contributed by atoms with Gasteiger partial charge in [0, 0.05) is 12.2 Å². The molecule has 0 aliphatic rings. The van der Waals surface area contributed by atoms with E-state index in [9.17, 15) is 8.42 Å². The number of hydrogen-bond acceptors (Lipinski definition) is 3. The van der Waals surface area contributed by atoms with Gasteiger partial charge in [0.25, 0.3) is 0 Å². The van der Waals surface area contributed by atoms with E-state index in [0.29, 0.717) is 28.6 Å². The largest absolute Gasteiger partial charge is 0.399 e. The number of sulfonamides is 1. The van der Waals surface area contributed by atoms with E-state index < -0.39 is 10.0 Å². The molecule has 0 fully saturated rings. The van der Waals surface area contributed by atoms with E-state index in [4.69, 9.17) is 5.73 Å². The predicted molar refractivity (Wildman–Crippen MR) is 84.1 cm³/mol. The Morgan fingerprint density at radius 3 is 2.55 bits per heavy atom. The standard InChI is InChI=1S/C15H26N2O2S/c1-4-6-7-13(5-2)11-17-20(18,19)15-9-8-14(16)10-12(15)3/h8-10,13,17H,4-7,11,16H2,1-3H3. The zero-order valence-electron chi connectivity index (χ0n) is 12.6. The minimum atomic E-state index is -3.44. The molecule has 20 heavy (non-hydrogen) atoms. The van der Waals surface area contributed by atoms with Crippen LogP contribution in [0.2, 0.25) is 0 Å². The second-order valence-electron chi connectivity index (χ2n) is 5.29. The molecule has 0 aliphatic carbocycles. The first kappa shape index (κ1) is 17.0. The predicted octanol–water partition coefficient (Wildman–Crippen LogP) is 3.07. The number of hydrogen-bond donors (Lipinski definition) is 2. The number of nitrogen functional groups attached to an aromatic ring is 1. The van der Waals surface area contributed by atoms with Crippen LogP contribution in [0.4, 0.5) is 5.69 Å².